The van der Waals surface area contributed by atoms with E-state index in [0.717, 1.165) is 12.2 Å². The van der Waals surface area contributed by atoms with E-state index in [1.807, 2.05) is 36.4 Å². The summed E-state index contributed by atoms with van der Waals surface area (Å²) < 4.78 is 10.1. The Labute approximate surface area is 127 Å². The van der Waals surface area contributed by atoms with Crippen molar-refractivity contribution in [3.05, 3.63) is 59.7 Å². The van der Waals surface area contributed by atoms with Crippen LogP contribution >= 0.6 is 0 Å². The third-order valence-electron chi connectivity index (χ3n) is 2.75. The molecule has 0 atom stereocenters. The zero-order valence-corrected chi connectivity index (χ0v) is 11.1. The van der Waals surface area contributed by atoms with E-state index in [1.54, 1.807) is 19.2 Å². The lowest BCUT2D eigenvalue weighted by atomic mass is 10.0. The summed E-state index contributed by atoms with van der Waals surface area (Å²) in [7, 11) is 1.66. The summed E-state index contributed by atoms with van der Waals surface area (Å²) in [5, 5.41) is 0. The first-order valence-electron chi connectivity index (χ1n) is 6.07. The molecule has 0 N–H and O–H groups in total. The minimum Gasteiger partial charge on any atom is -0.497 e. The fourth-order valence-corrected chi connectivity index (χ4v) is 1.82. The molecule has 0 fully saturated rings. The zero-order chi connectivity index (χ0) is 13.7. The van der Waals surface area contributed by atoms with Crippen LogP contribution < -0.4 is 9.47 Å². The predicted octanol–water partition coefficient (Wildman–Crippen LogP) is 4.48. The molecular formula is C18H24O3. The van der Waals surface area contributed by atoms with Gasteiger partial charge in [0.1, 0.15) is 11.5 Å². The molecule has 0 heterocycles. The van der Waals surface area contributed by atoms with Crippen LogP contribution in [0.25, 0.3) is 0 Å². The number of ether oxygens (including phenoxy) is 2. The van der Waals surface area contributed by atoms with Crippen LogP contribution in [0.2, 0.25) is 0 Å². The normalized spacial score (nSPS) is 9.05. The standard InChI is InChI=1S/C16H16O3.2CH4/c1-12(17)19-16-9-5-14(6-10-16)11-13-3-7-15(18-2)8-4-13;;/h3-10H,11H2,1-2H3;2*1H4. The van der Waals surface area contributed by atoms with E-state index >= 15 is 0 Å². The molecule has 0 aliphatic heterocycles. The summed E-state index contributed by atoms with van der Waals surface area (Å²) in [6.45, 7) is 1.39. The van der Waals surface area contributed by atoms with Crippen molar-refractivity contribution in [2.75, 3.05) is 7.11 Å². The molecule has 3 nitrogen and oxygen atoms in total. The Morgan fingerprint density at radius 1 is 0.857 bits per heavy atom. The highest BCUT2D eigenvalue weighted by molar-refractivity contribution is 5.69. The molecule has 0 aliphatic carbocycles. The monoisotopic (exact) mass is 288 g/mol. The molecule has 0 aliphatic rings. The second kappa shape index (κ2) is 8.80. The molecule has 0 unspecified atom stereocenters. The van der Waals surface area contributed by atoms with Gasteiger partial charge < -0.3 is 9.47 Å². The molecule has 0 aromatic heterocycles. The Morgan fingerprint density at radius 2 is 1.29 bits per heavy atom. The second-order valence-corrected chi connectivity index (χ2v) is 4.26. The predicted molar refractivity (Wildman–Crippen MR) is 87.0 cm³/mol. The van der Waals surface area contributed by atoms with Gasteiger partial charge in [-0.3, -0.25) is 4.79 Å². The van der Waals surface area contributed by atoms with Crippen LogP contribution in [0.3, 0.4) is 0 Å². The van der Waals surface area contributed by atoms with Crippen molar-refractivity contribution in [1.82, 2.24) is 0 Å². The van der Waals surface area contributed by atoms with Crippen LogP contribution in [0.15, 0.2) is 48.5 Å². The zero-order valence-electron chi connectivity index (χ0n) is 11.1. The highest BCUT2D eigenvalue weighted by atomic mass is 16.5. The number of rotatable bonds is 4. The van der Waals surface area contributed by atoms with Gasteiger partial charge in [0.25, 0.3) is 0 Å². The lowest BCUT2D eigenvalue weighted by Crippen LogP contribution is -2.01. The number of hydrogen-bond donors (Lipinski definition) is 0. The van der Waals surface area contributed by atoms with Crippen molar-refractivity contribution in [1.29, 1.82) is 0 Å². The molecule has 0 saturated heterocycles. The summed E-state index contributed by atoms with van der Waals surface area (Å²) in [5.41, 5.74) is 2.38. The van der Waals surface area contributed by atoms with Crippen LogP contribution in [0.5, 0.6) is 11.5 Å². The molecule has 114 valence electrons. The first kappa shape index (κ1) is 18.7. The molecule has 3 heteroatoms. The summed E-state index contributed by atoms with van der Waals surface area (Å²) in [4.78, 5) is 10.8. The summed E-state index contributed by atoms with van der Waals surface area (Å²) >= 11 is 0. The minimum absolute atomic E-state index is 0. The molecule has 21 heavy (non-hydrogen) atoms. The Kier molecular flexibility index (Phi) is 7.84. The van der Waals surface area contributed by atoms with Crippen LogP contribution in [-0.2, 0) is 11.2 Å². The van der Waals surface area contributed by atoms with E-state index in [-0.39, 0.29) is 20.8 Å². The van der Waals surface area contributed by atoms with Gasteiger partial charge in [-0.1, -0.05) is 39.1 Å². The molecule has 2 aromatic carbocycles. The molecule has 0 spiro atoms. The van der Waals surface area contributed by atoms with Gasteiger partial charge in [-0.25, -0.2) is 0 Å². The van der Waals surface area contributed by atoms with Crippen molar-refractivity contribution in [3.8, 4) is 11.5 Å². The van der Waals surface area contributed by atoms with E-state index in [9.17, 15) is 4.79 Å². The van der Waals surface area contributed by atoms with E-state index in [4.69, 9.17) is 9.47 Å². The minimum atomic E-state index is -0.303. The molecule has 0 amide bonds. The molecule has 2 rings (SSSR count). The van der Waals surface area contributed by atoms with Gasteiger partial charge in [-0.05, 0) is 41.8 Å². The Bertz CT molecular complexity index is 542. The third-order valence-corrected chi connectivity index (χ3v) is 2.75. The first-order chi connectivity index (χ1) is 9.17. The smallest absolute Gasteiger partial charge is 0.308 e. The van der Waals surface area contributed by atoms with Crippen LogP contribution in [0, 0.1) is 0 Å². The first-order valence-corrected chi connectivity index (χ1v) is 6.07. The topological polar surface area (TPSA) is 35.5 Å². The van der Waals surface area contributed by atoms with Crippen LogP contribution in [0.1, 0.15) is 32.9 Å². The van der Waals surface area contributed by atoms with Crippen molar-refractivity contribution < 1.29 is 14.3 Å². The van der Waals surface area contributed by atoms with Gasteiger partial charge in [0.2, 0.25) is 0 Å². The SMILES string of the molecule is C.C.COc1ccc(Cc2ccc(OC(C)=O)cc2)cc1. The largest absolute Gasteiger partial charge is 0.497 e. The van der Waals surface area contributed by atoms with Gasteiger partial charge in [0.15, 0.2) is 0 Å². The van der Waals surface area contributed by atoms with Gasteiger partial charge in [-0.2, -0.15) is 0 Å². The highest BCUT2D eigenvalue weighted by Crippen LogP contribution is 2.17. The Morgan fingerprint density at radius 3 is 1.67 bits per heavy atom. The highest BCUT2D eigenvalue weighted by Gasteiger charge is 2.00. The van der Waals surface area contributed by atoms with Gasteiger partial charge >= 0.3 is 5.97 Å². The van der Waals surface area contributed by atoms with Gasteiger partial charge in [0, 0.05) is 6.92 Å². The van der Waals surface area contributed by atoms with Gasteiger partial charge in [-0.15, -0.1) is 0 Å². The van der Waals surface area contributed by atoms with Crippen molar-refractivity contribution in [3.63, 3.8) is 0 Å². The fourth-order valence-electron chi connectivity index (χ4n) is 1.82. The Balaban J connectivity index is 0.00000200. The van der Waals surface area contributed by atoms with Crippen molar-refractivity contribution in [2.45, 2.75) is 28.2 Å². The van der Waals surface area contributed by atoms with Gasteiger partial charge in [0.05, 0.1) is 7.11 Å². The maximum atomic E-state index is 10.8. The maximum absolute atomic E-state index is 10.8. The fraction of sp³-hybridized carbons (Fsp3) is 0.278. The van der Waals surface area contributed by atoms with Crippen LogP contribution in [0.4, 0.5) is 0 Å². The quantitative estimate of drug-likeness (QED) is 0.614. The lowest BCUT2D eigenvalue weighted by Gasteiger charge is -2.05. The molecule has 2 aromatic rings. The number of esters is 1. The van der Waals surface area contributed by atoms with E-state index in [1.165, 1.54) is 18.1 Å². The molecule has 0 bridgehead atoms. The van der Waals surface area contributed by atoms with Crippen LogP contribution in [-0.4, -0.2) is 13.1 Å². The average molecular weight is 288 g/mol. The number of carbonyl (C=O) groups excluding carboxylic acids is 1. The summed E-state index contributed by atoms with van der Waals surface area (Å²) in [6.07, 6.45) is 0.838. The number of benzene rings is 2. The lowest BCUT2D eigenvalue weighted by molar-refractivity contribution is -0.131. The second-order valence-electron chi connectivity index (χ2n) is 4.26. The number of methoxy groups -OCH3 is 1. The molecule has 0 radical (unpaired) electrons. The van der Waals surface area contributed by atoms with E-state index in [0.29, 0.717) is 5.75 Å². The van der Waals surface area contributed by atoms with E-state index < -0.39 is 0 Å². The third kappa shape index (κ3) is 5.69. The summed E-state index contributed by atoms with van der Waals surface area (Å²) in [6, 6.07) is 15.5. The van der Waals surface area contributed by atoms with Crippen molar-refractivity contribution in [2.24, 2.45) is 0 Å². The van der Waals surface area contributed by atoms with E-state index in [2.05, 4.69) is 0 Å². The summed E-state index contributed by atoms with van der Waals surface area (Å²) in [5.74, 6) is 1.13. The number of carbonyl (C=O) groups is 1. The van der Waals surface area contributed by atoms with Crippen molar-refractivity contribution >= 4 is 5.97 Å². The average Bonchev–Trinajstić information content (AvgIpc) is 2.41. The molecule has 0 saturated carbocycles. The Hall–Kier alpha value is -2.29. The maximum Gasteiger partial charge on any atom is 0.308 e. The molecular weight excluding hydrogens is 264 g/mol. The number of hydrogen-bond acceptors (Lipinski definition) is 3.